The van der Waals surface area contributed by atoms with E-state index < -0.39 is 0 Å². The maximum Gasteiger partial charge on any atom is 0.0702 e. The van der Waals surface area contributed by atoms with Gasteiger partial charge in [-0.1, -0.05) is 6.42 Å². The van der Waals surface area contributed by atoms with Gasteiger partial charge >= 0.3 is 0 Å². The lowest BCUT2D eigenvalue weighted by atomic mass is 9.99. The van der Waals surface area contributed by atoms with Gasteiger partial charge in [-0.15, -0.1) is 11.3 Å². The molecule has 3 unspecified atom stereocenters. The zero-order valence-electron chi connectivity index (χ0n) is 11.0. The van der Waals surface area contributed by atoms with Crippen LogP contribution in [-0.2, 0) is 0 Å². The Labute approximate surface area is 122 Å². The summed E-state index contributed by atoms with van der Waals surface area (Å²) in [5.41, 5.74) is 9.56. The predicted molar refractivity (Wildman–Crippen MR) is 81.6 cm³/mol. The summed E-state index contributed by atoms with van der Waals surface area (Å²) in [4.78, 5) is 1.30. The second-order valence-electron chi connectivity index (χ2n) is 5.10. The molecule has 1 fully saturated rings. The maximum atomic E-state index is 5.92. The molecular formula is C13H22BrN3S. The molecule has 3 nitrogen and oxygen atoms in total. The highest BCUT2D eigenvalue weighted by atomic mass is 79.9. The minimum atomic E-state index is 0.226. The van der Waals surface area contributed by atoms with Gasteiger partial charge in [0.2, 0.25) is 0 Å². The van der Waals surface area contributed by atoms with Crippen molar-refractivity contribution in [3.63, 3.8) is 0 Å². The van der Waals surface area contributed by atoms with Gasteiger partial charge in [-0.3, -0.25) is 0 Å². The molecule has 1 aliphatic heterocycles. The lowest BCUT2D eigenvalue weighted by molar-refractivity contribution is 0.0310. The maximum absolute atomic E-state index is 5.92. The fourth-order valence-corrected chi connectivity index (χ4v) is 4.09. The largest absolute Gasteiger partial charge is 0.329 e. The molecule has 102 valence electrons. The Bertz CT molecular complexity index is 372. The summed E-state index contributed by atoms with van der Waals surface area (Å²) >= 11 is 5.27. The number of hydrazine groups is 1. The van der Waals surface area contributed by atoms with Crippen molar-refractivity contribution in [1.29, 1.82) is 0 Å². The molecule has 0 aromatic carbocycles. The highest BCUT2D eigenvalue weighted by molar-refractivity contribution is 9.11. The SMILES string of the molecule is CC1CCCC(C)N1NC(CN)c1ccc(Br)s1. The van der Waals surface area contributed by atoms with Crippen molar-refractivity contribution in [3.8, 4) is 0 Å². The molecule has 3 N–H and O–H groups in total. The van der Waals surface area contributed by atoms with E-state index >= 15 is 0 Å². The molecule has 1 saturated heterocycles. The average molecular weight is 332 g/mol. The number of piperidine rings is 1. The molecule has 0 bridgehead atoms. The third kappa shape index (κ3) is 3.33. The molecule has 0 saturated carbocycles. The minimum absolute atomic E-state index is 0.226. The van der Waals surface area contributed by atoms with E-state index in [0.29, 0.717) is 18.6 Å². The number of nitrogens with zero attached hydrogens (tertiary/aromatic N) is 1. The van der Waals surface area contributed by atoms with Gasteiger partial charge in [0.25, 0.3) is 0 Å². The predicted octanol–water partition coefficient (Wildman–Crippen LogP) is 3.28. The highest BCUT2D eigenvalue weighted by Gasteiger charge is 2.27. The van der Waals surface area contributed by atoms with Crippen molar-refractivity contribution in [1.82, 2.24) is 10.4 Å². The molecule has 18 heavy (non-hydrogen) atoms. The number of thiophene rings is 1. The van der Waals surface area contributed by atoms with Gasteiger partial charge in [0.1, 0.15) is 0 Å². The summed E-state index contributed by atoms with van der Waals surface area (Å²) in [6, 6.07) is 5.65. The molecule has 2 rings (SSSR count). The van der Waals surface area contributed by atoms with Crippen LogP contribution in [0.15, 0.2) is 15.9 Å². The minimum Gasteiger partial charge on any atom is -0.329 e. The van der Waals surface area contributed by atoms with E-state index in [4.69, 9.17) is 5.73 Å². The molecule has 0 amide bonds. The Hall–Kier alpha value is 0.0600. The number of rotatable bonds is 4. The van der Waals surface area contributed by atoms with Gasteiger partial charge < -0.3 is 5.73 Å². The summed E-state index contributed by atoms with van der Waals surface area (Å²) in [6.45, 7) is 5.21. The van der Waals surface area contributed by atoms with Gasteiger partial charge in [-0.05, 0) is 54.8 Å². The normalized spacial score (nSPS) is 27.3. The van der Waals surface area contributed by atoms with E-state index in [0.717, 1.165) is 3.79 Å². The van der Waals surface area contributed by atoms with E-state index in [1.54, 1.807) is 11.3 Å². The van der Waals surface area contributed by atoms with Crippen molar-refractivity contribution in [2.75, 3.05) is 6.54 Å². The molecule has 2 heterocycles. The standard InChI is InChI=1S/C13H22BrN3S/c1-9-4-3-5-10(2)17(9)16-11(8-15)12-6-7-13(14)18-12/h6-7,9-11,16H,3-5,8,15H2,1-2H3. The summed E-state index contributed by atoms with van der Waals surface area (Å²) in [6.07, 6.45) is 3.86. The fraction of sp³-hybridized carbons (Fsp3) is 0.692. The Kier molecular flexibility index (Phi) is 5.21. The first-order valence-corrected chi connectivity index (χ1v) is 8.22. The van der Waals surface area contributed by atoms with Gasteiger partial charge in [0, 0.05) is 23.5 Å². The molecule has 1 aliphatic rings. The summed E-state index contributed by atoms with van der Waals surface area (Å²) in [7, 11) is 0. The molecule has 0 radical (unpaired) electrons. The zero-order chi connectivity index (χ0) is 13.1. The first-order chi connectivity index (χ1) is 8.61. The Morgan fingerprint density at radius 2 is 2.11 bits per heavy atom. The smallest absolute Gasteiger partial charge is 0.0702 e. The second kappa shape index (κ2) is 6.48. The third-order valence-electron chi connectivity index (χ3n) is 3.67. The number of nitrogens with one attached hydrogen (secondary N) is 1. The van der Waals surface area contributed by atoms with Crippen molar-refractivity contribution >= 4 is 27.3 Å². The summed E-state index contributed by atoms with van der Waals surface area (Å²) in [5.74, 6) is 0. The van der Waals surface area contributed by atoms with Gasteiger partial charge in [-0.2, -0.15) is 0 Å². The molecule has 5 heteroatoms. The molecule has 0 aliphatic carbocycles. The zero-order valence-corrected chi connectivity index (χ0v) is 13.4. The molecular weight excluding hydrogens is 310 g/mol. The van der Waals surface area contributed by atoms with Crippen LogP contribution in [0, 0.1) is 0 Å². The molecule has 0 spiro atoms. The van der Waals surface area contributed by atoms with Crippen LogP contribution in [0.4, 0.5) is 0 Å². The first kappa shape index (κ1) is 14.5. The molecule has 3 atom stereocenters. The Morgan fingerprint density at radius 1 is 1.44 bits per heavy atom. The van der Waals surface area contributed by atoms with Crippen LogP contribution in [0.25, 0.3) is 0 Å². The Balaban J connectivity index is 2.05. The van der Waals surface area contributed by atoms with Crippen LogP contribution in [-0.4, -0.2) is 23.6 Å². The van der Waals surface area contributed by atoms with Crippen LogP contribution in [0.1, 0.15) is 44.0 Å². The average Bonchev–Trinajstić information content (AvgIpc) is 2.76. The van der Waals surface area contributed by atoms with Crippen LogP contribution >= 0.6 is 27.3 Å². The number of halogens is 1. The first-order valence-electron chi connectivity index (χ1n) is 6.61. The van der Waals surface area contributed by atoms with E-state index in [1.165, 1.54) is 24.1 Å². The van der Waals surface area contributed by atoms with Crippen molar-refractivity contribution in [2.45, 2.75) is 51.2 Å². The summed E-state index contributed by atoms with van der Waals surface area (Å²) < 4.78 is 1.16. The van der Waals surface area contributed by atoms with Gasteiger partial charge in [0.15, 0.2) is 0 Å². The van der Waals surface area contributed by atoms with Crippen LogP contribution in [0.2, 0.25) is 0 Å². The molecule has 1 aromatic heterocycles. The van der Waals surface area contributed by atoms with E-state index in [2.05, 4.69) is 52.3 Å². The summed E-state index contributed by atoms with van der Waals surface area (Å²) in [5, 5.41) is 2.40. The number of nitrogens with two attached hydrogens (primary N) is 1. The van der Waals surface area contributed by atoms with E-state index in [1.807, 2.05) is 0 Å². The number of hydrogen-bond donors (Lipinski definition) is 2. The van der Waals surface area contributed by atoms with Crippen molar-refractivity contribution < 1.29 is 0 Å². The van der Waals surface area contributed by atoms with Crippen LogP contribution in [0.5, 0.6) is 0 Å². The third-order valence-corrected chi connectivity index (χ3v) is 5.41. The van der Waals surface area contributed by atoms with E-state index in [9.17, 15) is 0 Å². The van der Waals surface area contributed by atoms with Crippen molar-refractivity contribution in [2.24, 2.45) is 5.73 Å². The van der Waals surface area contributed by atoms with Gasteiger partial charge in [-0.25, -0.2) is 10.4 Å². The quantitative estimate of drug-likeness (QED) is 0.889. The van der Waals surface area contributed by atoms with Crippen molar-refractivity contribution in [3.05, 3.63) is 20.8 Å². The lowest BCUT2D eigenvalue weighted by Gasteiger charge is -2.41. The Morgan fingerprint density at radius 3 is 2.61 bits per heavy atom. The number of hydrogen-bond acceptors (Lipinski definition) is 4. The monoisotopic (exact) mass is 331 g/mol. The molecule has 1 aromatic rings. The van der Waals surface area contributed by atoms with E-state index in [-0.39, 0.29) is 6.04 Å². The second-order valence-corrected chi connectivity index (χ2v) is 7.59. The topological polar surface area (TPSA) is 41.3 Å². The fourth-order valence-electron chi connectivity index (χ4n) is 2.60. The lowest BCUT2D eigenvalue weighted by Crippen LogP contribution is -2.54. The van der Waals surface area contributed by atoms with Crippen LogP contribution < -0.4 is 11.2 Å². The van der Waals surface area contributed by atoms with Crippen LogP contribution in [0.3, 0.4) is 0 Å². The highest BCUT2D eigenvalue weighted by Crippen LogP contribution is 2.29. The van der Waals surface area contributed by atoms with Gasteiger partial charge in [0.05, 0.1) is 9.83 Å².